The highest BCUT2D eigenvalue weighted by atomic mass is 16.5. The van der Waals surface area contributed by atoms with E-state index in [-0.39, 0.29) is 11.9 Å². The van der Waals surface area contributed by atoms with Crippen molar-refractivity contribution < 1.29 is 19.4 Å². The van der Waals surface area contributed by atoms with Gasteiger partial charge in [0.15, 0.2) is 0 Å². The van der Waals surface area contributed by atoms with Crippen molar-refractivity contribution in [3.05, 3.63) is 77.0 Å². The molecule has 0 bridgehead atoms. The maximum Gasteiger partial charge on any atom is 0.320 e. The maximum atomic E-state index is 12.5. The number of carbonyl (C=O) groups excluding carboxylic acids is 1. The summed E-state index contributed by atoms with van der Waals surface area (Å²) in [6.07, 6.45) is 5.67. The second-order valence-corrected chi connectivity index (χ2v) is 7.46. The molecule has 1 aromatic carbocycles. The van der Waals surface area contributed by atoms with E-state index in [4.69, 9.17) is 4.74 Å². The molecule has 1 amide bonds. The SMILES string of the molecule is C=CC1=C(C=C)/C(=C2\OCc3cc(CCN4CCCC4C(=O)O)ccc32)C(=O)N1. The Morgan fingerprint density at radius 1 is 1.34 bits per heavy atom. The zero-order valence-electron chi connectivity index (χ0n) is 16.2. The molecule has 29 heavy (non-hydrogen) atoms. The average molecular weight is 392 g/mol. The average Bonchev–Trinajstić information content (AvgIpc) is 3.41. The van der Waals surface area contributed by atoms with Crippen LogP contribution in [0.1, 0.15) is 29.5 Å². The van der Waals surface area contributed by atoms with Gasteiger partial charge in [-0.1, -0.05) is 37.4 Å². The predicted molar refractivity (Wildman–Crippen MR) is 110 cm³/mol. The van der Waals surface area contributed by atoms with E-state index in [1.165, 1.54) is 0 Å². The summed E-state index contributed by atoms with van der Waals surface area (Å²) in [5.41, 5.74) is 4.91. The van der Waals surface area contributed by atoms with Gasteiger partial charge in [-0.05, 0) is 37.4 Å². The molecule has 0 spiro atoms. The van der Waals surface area contributed by atoms with Gasteiger partial charge in [0, 0.05) is 28.9 Å². The molecule has 150 valence electrons. The van der Waals surface area contributed by atoms with Gasteiger partial charge < -0.3 is 15.2 Å². The van der Waals surface area contributed by atoms with E-state index in [1.807, 2.05) is 17.0 Å². The van der Waals surface area contributed by atoms with Gasteiger partial charge in [0.1, 0.15) is 18.4 Å². The van der Waals surface area contributed by atoms with Crippen molar-refractivity contribution in [2.45, 2.75) is 31.9 Å². The highest BCUT2D eigenvalue weighted by Gasteiger charge is 2.33. The molecule has 1 atom stereocenters. The number of nitrogens with zero attached hydrogens (tertiary/aromatic N) is 1. The van der Waals surface area contributed by atoms with Crippen molar-refractivity contribution in [1.29, 1.82) is 0 Å². The fourth-order valence-electron chi connectivity index (χ4n) is 4.33. The first-order valence-electron chi connectivity index (χ1n) is 9.80. The summed E-state index contributed by atoms with van der Waals surface area (Å²) in [5, 5.41) is 12.1. The number of carbonyl (C=O) groups is 2. The zero-order valence-corrected chi connectivity index (χ0v) is 16.2. The Labute approximate surface area is 169 Å². The molecular weight excluding hydrogens is 368 g/mol. The van der Waals surface area contributed by atoms with Gasteiger partial charge in [-0.15, -0.1) is 0 Å². The largest absolute Gasteiger partial charge is 0.487 e. The Morgan fingerprint density at radius 2 is 2.17 bits per heavy atom. The summed E-state index contributed by atoms with van der Waals surface area (Å²) in [4.78, 5) is 25.9. The van der Waals surface area contributed by atoms with Crippen LogP contribution in [0.4, 0.5) is 0 Å². The fourth-order valence-corrected chi connectivity index (χ4v) is 4.33. The molecule has 2 N–H and O–H groups in total. The third-order valence-electron chi connectivity index (χ3n) is 5.79. The smallest absolute Gasteiger partial charge is 0.320 e. The van der Waals surface area contributed by atoms with Crippen LogP contribution in [0.15, 0.2) is 60.4 Å². The number of aliphatic carboxylic acids is 1. The monoisotopic (exact) mass is 392 g/mol. The van der Waals surface area contributed by atoms with Gasteiger partial charge in [-0.2, -0.15) is 0 Å². The lowest BCUT2D eigenvalue weighted by Gasteiger charge is -2.20. The van der Waals surface area contributed by atoms with Crippen LogP contribution in [0.3, 0.4) is 0 Å². The second kappa shape index (κ2) is 7.72. The minimum absolute atomic E-state index is 0.213. The summed E-state index contributed by atoms with van der Waals surface area (Å²) in [5.74, 6) is -0.377. The summed E-state index contributed by atoms with van der Waals surface area (Å²) >= 11 is 0. The summed E-state index contributed by atoms with van der Waals surface area (Å²) in [6, 6.07) is 5.73. The molecule has 1 saturated heterocycles. The lowest BCUT2D eigenvalue weighted by molar-refractivity contribution is -0.142. The molecule has 1 fully saturated rings. The highest BCUT2D eigenvalue weighted by molar-refractivity contribution is 6.09. The molecule has 1 aromatic rings. The number of nitrogens with one attached hydrogen (secondary N) is 1. The number of fused-ring (bicyclic) bond motifs is 1. The van der Waals surface area contributed by atoms with E-state index in [0.717, 1.165) is 49.0 Å². The fraction of sp³-hybridized carbons (Fsp3) is 0.304. The van der Waals surface area contributed by atoms with Crippen molar-refractivity contribution in [2.75, 3.05) is 13.1 Å². The number of ether oxygens (including phenoxy) is 1. The number of benzene rings is 1. The van der Waals surface area contributed by atoms with E-state index in [1.54, 1.807) is 12.2 Å². The van der Waals surface area contributed by atoms with Crippen LogP contribution in [0, 0.1) is 0 Å². The highest BCUT2D eigenvalue weighted by Crippen LogP contribution is 2.38. The first-order valence-corrected chi connectivity index (χ1v) is 9.80. The standard InChI is InChI=1S/C23H24N2O4/c1-3-16-18(4-2)24-22(26)20(16)21-17-8-7-14(12-15(17)13-29-21)9-11-25-10-5-6-19(25)23(27)28/h3-4,7-8,12,19H,1-2,5-6,9-11,13H2,(H,24,26)(H,27,28)/b21-20+. The topological polar surface area (TPSA) is 78.9 Å². The van der Waals surface area contributed by atoms with Crippen LogP contribution >= 0.6 is 0 Å². The van der Waals surface area contributed by atoms with Crippen molar-refractivity contribution in [1.82, 2.24) is 10.2 Å². The number of hydrogen-bond acceptors (Lipinski definition) is 4. The lowest BCUT2D eigenvalue weighted by atomic mass is 9.98. The zero-order chi connectivity index (χ0) is 20.5. The summed E-state index contributed by atoms with van der Waals surface area (Å²) in [6.45, 7) is 9.51. The molecule has 0 aromatic heterocycles. The third-order valence-corrected chi connectivity index (χ3v) is 5.79. The van der Waals surface area contributed by atoms with Crippen LogP contribution in [0.25, 0.3) is 5.76 Å². The number of carboxylic acids is 1. The molecule has 0 saturated carbocycles. The minimum atomic E-state index is -0.735. The molecule has 1 unspecified atom stereocenters. The molecule has 6 heteroatoms. The molecule has 6 nitrogen and oxygen atoms in total. The van der Waals surface area contributed by atoms with E-state index >= 15 is 0 Å². The first kappa shape index (κ1) is 19.2. The van der Waals surface area contributed by atoms with Crippen LogP contribution in [-0.4, -0.2) is 41.0 Å². The van der Waals surface area contributed by atoms with E-state index < -0.39 is 5.97 Å². The molecule has 3 heterocycles. The second-order valence-electron chi connectivity index (χ2n) is 7.46. The molecular formula is C23H24N2O4. The van der Waals surface area contributed by atoms with Crippen LogP contribution in [0.5, 0.6) is 0 Å². The van der Waals surface area contributed by atoms with Crippen molar-refractivity contribution in [2.24, 2.45) is 0 Å². The number of allylic oxidation sites excluding steroid dienone is 2. The quantitative estimate of drug-likeness (QED) is 0.728. The summed E-state index contributed by atoms with van der Waals surface area (Å²) in [7, 11) is 0. The van der Waals surface area contributed by atoms with Crippen LogP contribution in [-0.2, 0) is 27.4 Å². The Balaban J connectivity index is 1.56. The molecule has 0 aliphatic carbocycles. The van der Waals surface area contributed by atoms with Crippen molar-refractivity contribution in [3.8, 4) is 0 Å². The minimum Gasteiger partial charge on any atom is -0.487 e. The van der Waals surface area contributed by atoms with Crippen molar-refractivity contribution >= 4 is 17.6 Å². The van der Waals surface area contributed by atoms with Gasteiger partial charge in [-0.25, -0.2) is 0 Å². The Hall–Kier alpha value is -3.12. The summed E-state index contributed by atoms with van der Waals surface area (Å²) < 4.78 is 5.90. The molecule has 4 rings (SSSR count). The third kappa shape index (κ3) is 3.40. The Morgan fingerprint density at radius 3 is 2.90 bits per heavy atom. The normalized spacial score (nSPS) is 23.7. The Bertz CT molecular complexity index is 973. The number of hydrogen-bond donors (Lipinski definition) is 2. The number of rotatable bonds is 6. The number of carboxylic acid groups (broad SMARTS) is 1. The van der Waals surface area contributed by atoms with Gasteiger partial charge in [0.05, 0.1) is 5.57 Å². The van der Waals surface area contributed by atoms with Crippen LogP contribution < -0.4 is 5.32 Å². The van der Waals surface area contributed by atoms with Gasteiger partial charge in [-0.3, -0.25) is 14.5 Å². The number of likely N-dealkylation sites (tertiary alicyclic amines) is 1. The van der Waals surface area contributed by atoms with E-state index in [0.29, 0.717) is 29.2 Å². The van der Waals surface area contributed by atoms with Crippen molar-refractivity contribution in [3.63, 3.8) is 0 Å². The van der Waals surface area contributed by atoms with Gasteiger partial charge in [0.25, 0.3) is 5.91 Å². The van der Waals surface area contributed by atoms with Crippen LogP contribution in [0.2, 0.25) is 0 Å². The lowest BCUT2D eigenvalue weighted by Crippen LogP contribution is -2.37. The molecule has 3 aliphatic rings. The van der Waals surface area contributed by atoms with E-state index in [2.05, 4.69) is 24.5 Å². The Kier molecular flexibility index (Phi) is 5.11. The van der Waals surface area contributed by atoms with Gasteiger partial charge >= 0.3 is 5.97 Å². The van der Waals surface area contributed by atoms with E-state index in [9.17, 15) is 14.7 Å². The van der Waals surface area contributed by atoms with Gasteiger partial charge in [0.2, 0.25) is 0 Å². The molecule has 3 aliphatic heterocycles. The number of amides is 1. The maximum absolute atomic E-state index is 12.5. The predicted octanol–water partition coefficient (Wildman–Crippen LogP) is 2.78. The molecule has 0 radical (unpaired) electrons. The first-order chi connectivity index (χ1) is 14.0.